The van der Waals surface area contributed by atoms with Crippen LogP contribution in [0.2, 0.25) is 23.2 Å². The molecular weight excluding hydrogens is 611 g/mol. The van der Waals surface area contributed by atoms with E-state index in [0.717, 1.165) is 12.8 Å². The van der Waals surface area contributed by atoms with E-state index in [1.165, 1.54) is 33.4 Å². The van der Waals surface area contributed by atoms with Gasteiger partial charge in [-0.25, -0.2) is 23.3 Å². The maximum atomic E-state index is 6.58. The first-order chi connectivity index (χ1) is 15.9. The van der Waals surface area contributed by atoms with Crippen molar-refractivity contribution in [2.24, 2.45) is 0 Å². The molecule has 2 unspecified atom stereocenters. The van der Waals surface area contributed by atoms with Crippen LogP contribution in [0.3, 0.4) is 0 Å². The van der Waals surface area contributed by atoms with Crippen LogP contribution in [0.4, 0.5) is 0 Å². The summed E-state index contributed by atoms with van der Waals surface area (Å²) in [6.07, 6.45) is 9.22. The molecule has 2 aromatic rings. The van der Waals surface area contributed by atoms with Gasteiger partial charge in [0.2, 0.25) is 18.1 Å². The molecule has 0 fully saturated rings. The first kappa shape index (κ1) is 34.8. The molecule has 0 heterocycles. The second-order valence-electron chi connectivity index (χ2n) is 11.5. The Morgan fingerprint density at radius 2 is 0.973 bits per heavy atom. The predicted octanol–water partition coefficient (Wildman–Crippen LogP) is 2.53. The van der Waals surface area contributed by atoms with E-state index < -0.39 is 18.1 Å². The molecule has 2 aromatic carbocycles. The van der Waals surface area contributed by atoms with Gasteiger partial charge in [0.05, 0.1) is 0 Å². The van der Waals surface area contributed by atoms with Crippen molar-refractivity contribution in [2.45, 2.75) is 89.8 Å². The molecule has 7 heteroatoms. The molecule has 2 atom stereocenters. The number of allylic oxidation sites excluding steroid dienone is 2. The van der Waals surface area contributed by atoms with Crippen LogP contribution in [0.1, 0.15) is 88.8 Å². The maximum absolute atomic E-state index is 6.58. The average Bonchev–Trinajstić information content (AvgIpc) is 3.29. The van der Waals surface area contributed by atoms with E-state index >= 15 is 0 Å². The maximum Gasteiger partial charge on any atom is 4.00 e. The molecule has 0 saturated heterocycles. The summed E-state index contributed by atoms with van der Waals surface area (Å²) >= 11 is 0. The molecular formula is C30H38Cl2O2Si2Zr. The minimum Gasteiger partial charge on any atom is -1.00 e. The number of halogens is 2. The van der Waals surface area contributed by atoms with Gasteiger partial charge < -0.3 is 33.7 Å². The van der Waals surface area contributed by atoms with Crippen LogP contribution in [0.15, 0.2) is 48.5 Å². The quantitative estimate of drug-likeness (QED) is 0.340. The third-order valence-corrected chi connectivity index (χ3v) is 12.5. The second-order valence-corrected chi connectivity index (χ2v) is 17.2. The van der Waals surface area contributed by atoms with Crippen molar-refractivity contribution < 1.29 is 59.9 Å². The van der Waals surface area contributed by atoms with Crippen molar-refractivity contribution in [2.75, 3.05) is 0 Å². The van der Waals surface area contributed by atoms with Crippen LogP contribution in [-0.4, -0.2) is 18.1 Å². The Bertz CT molecular complexity index is 1020. The zero-order chi connectivity index (χ0) is 24.7. The Hall–Kier alpha value is -0.263. The van der Waals surface area contributed by atoms with Gasteiger partial charge in [0.25, 0.3) is 0 Å². The van der Waals surface area contributed by atoms with Gasteiger partial charge >= 0.3 is 26.2 Å². The van der Waals surface area contributed by atoms with Crippen LogP contribution in [0.25, 0.3) is 11.1 Å². The first-order valence-corrected chi connectivity index (χ1v) is 16.2. The van der Waals surface area contributed by atoms with E-state index in [9.17, 15) is 0 Å². The molecule has 196 valence electrons. The Morgan fingerprint density at radius 3 is 1.30 bits per heavy atom. The Labute approximate surface area is 260 Å². The van der Waals surface area contributed by atoms with E-state index in [0.29, 0.717) is 0 Å². The van der Waals surface area contributed by atoms with E-state index in [1.54, 1.807) is 0 Å². The minimum atomic E-state index is -0.960. The first-order valence-electron chi connectivity index (χ1n) is 12.4. The van der Waals surface area contributed by atoms with Crippen LogP contribution >= 0.6 is 0 Å². The molecule has 2 nitrogen and oxygen atoms in total. The third kappa shape index (κ3) is 8.13. The molecule has 2 aliphatic carbocycles. The summed E-state index contributed by atoms with van der Waals surface area (Å²) in [5, 5.41) is 0.387. The van der Waals surface area contributed by atoms with E-state index in [-0.39, 0.29) is 73.3 Å². The Balaban J connectivity index is 0.00000228. The number of hydrogen-bond donors (Lipinski definition) is 0. The number of benzene rings is 2. The van der Waals surface area contributed by atoms with E-state index in [2.05, 4.69) is 115 Å². The van der Waals surface area contributed by atoms with E-state index in [1.807, 2.05) is 0 Å². The van der Waals surface area contributed by atoms with Gasteiger partial charge in [0.1, 0.15) is 0 Å². The topological polar surface area (TPSA) is 18.5 Å². The molecule has 0 bridgehead atoms. The molecule has 0 aromatic heterocycles. The summed E-state index contributed by atoms with van der Waals surface area (Å²) in [6, 6.07) is 17.3. The molecule has 2 radical (unpaired) electrons. The largest absolute Gasteiger partial charge is 4.00 e. The predicted molar refractivity (Wildman–Crippen MR) is 146 cm³/mol. The van der Waals surface area contributed by atoms with Gasteiger partial charge in [-0.3, -0.25) is 0 Å². The zero-order valence-corrected chi connectivity index (χ0v) is 29.2. The third-order valence-electron chi connectivity index (χ3n) is 7.07. The van der Waals surface area contributed by atoms with Crippen molar-refractivity contribution >= 4 is 29.2 Å². The molecule has 2 aliphatic rings. The van der Waals surface area contributed by atoms with Crippen molar-refractivity contribution in [3.63, 3.8) is 0 Å². The second kappa shape index (κ2) is 13.9. The van der Waals surface area contributed by atoms with Crippen LogP contribution in [0.5, 0.6) is 0 Å². The van der Waals surface area contributed by atoms with Crippen LogP contribution in [-0.2, 0) is 35.1 Å². The van der Waals surface area contributed by atoms with Gasteiger partial charge in [0.15, 0.2) is 0 Å². The molecule has 4 rings (SSSR count). The van der Waals surface area contributed by atoms with Crippen LogP contribution < -0.4 is 24.8 Å². The Kier molecular flexibility index (Phi) is 13.0. The molecule has 37 heavy (non-hydrogen) atoms. The molecule has 0 saturated carbocycles. The summed E-state index contributed by atoms with van der Waals surface area (Å²) in [5.74, 6) is 0. The van der Waals surface area contributed by atoms with Crippen molar-refractivity contribution in [1.29, 1.82) is 0 Å². The normalized spacial score (nSPS) is 18.3. The average molecular weight is 649 g/mol. The fourth-order valence-corrected chi connectivity index (χ4v) is 5.97. The minimum absolute atomic E-state index is 0. The number of fused-ring (bicyclic) bond motifs is 2. The smallest absolute Gasteiger partial charge is 1.00 e. The number of hydrogen-bond acceptors (Lipinski definition) is 2. The van der Waals surface area contributed by atoms with Gasteiger partial charge in [-0.1, -0.05) is 90.8 Å². The standard InChI is InChI=1S/C30H38O2Si2.2ClH.Zr/c1-29(2,3)33(7)31-27-19-21(23-13-9-11-15-25(23)27)17-18-22-20-28(32-34(8)30(4,5)6)26-16-12-10-14-24(22)26;;;/h9-16,27-28H,17-18H2,1-8H3;2*1H;/q-2;;;+4/p-2. The van der Waals surface area contributed by atoms with Gasteiger partial charge in [0, 0.05) is 0 Å². The monoisotopic (exact) mass is 646 g/mol. The summed E-state index contributed by atoms with van der Waals surface area (Å²) in [5.41, 5.74) is 7.66. The summed E-state index contributed by atoms with van der Waals surface area (Å²) < 4.78 is 13.2. The Morgan fingerprint density at radius 1 is 0.649 bits per heavy atom. The molecule has 0 aliphatic heterocycles. The van der Waals surface area contributed by atoms with Crippen LogP contribution in [0, 0.1) is 12.2 Å². The zero-order valence-electron chi connectivity index (χ0n) is 23.3. The molecule has 0 amide bonds. The summed E-state index contributed by atoms with van der Waals surface area (Å²) in [7, 11) is -1.92. The summed E-state index contributed by atoms with van der Waals surface area (Å²) in [4.78, 5) is 0. The SMILES string of the molecule is C[Si](OC1[C-]=C(CCC2=[C-]C(O[Si](C)C(C)(C)C)c3ccccc32)c2ccccc21)C(C)(C)C.[Cl-].[Cl-].[Zr+4]. The van der Waals surface area contributed by atoms with E-state index in [4.69, 9.17) is 8.85 Å². The van der Waals surface area contributed by atoms with Crippen molar-refractivity contribution in [1.82, 2.24) is 0 Å². The molecule has 0 N–H and O–H groups in total. The van der Waals surface area contributed by atoms with Crippen molar-refractivity contribution in [3.8, 4) is 0 Å². The van der Waals surface area contributed by atoms with Gasteiger partial charge in [-0.15, -0.1) is 23.3 Å². The fourth-order valence-electron chi connectivity index (χ4n) is 4.19. The van der Waals surface area contributed by atoms with Gasteiger partial charge in [-0.2, -0.15) is 11.1 Å². The summed E-state index contributed by atoms with van der Waals surface area (Å²) in [6.45, 7) is 18.2. The number of rotatable bonds is 7. The fraction of sp³-hybridized carbons (Fsp3) is 0.467. The van der Waals surface area contributed by atoms with Crippen molar-refractivity contribution in [3.05, 3.63) is 82.9 Å². The molecule has 0 spiro atoms. The van der Waals surface area contributed by atoms with Gasteiger partial charge in [-0.05, 0) is 35.4 Å².